The quantitative estimate of drug-likeness (QED) is 0.448. The van der Waals surface area contributed by atoms with Crippen molar-refractivity contribution in [1.82, 2.24) is 10.3 Å². The van der Waals surface area contributed by atoms with Crippen molar-refractivity contribution in [3.63, 3.8) is 0 Å². The van der Waals surface area contributed by atoms with E-state index in [0.717, 1.165) is 42.6 Å². The number of pyridine rings is 1. The minimum Gasteiger partial charge on any atom is -0.386 e. The third-order valence-corrected chi connectivity index (χ3v) is 5.12. The summed E-state index contributed by atoms with van der Waals surface area (Å²) < 4.78 is 79.8. The molecule has 1 aromatic heterocycles. The van der Waals surface area contributed by atoms with Crippen molar-refractivity contribution in [2.75, 3.05) is 0 Å². The maximum Gasteiger partial charge on any atom is 0.418 e. The van der Waals surface area contributed by atoms with Gasteiger partial charge in [-0.2, -0.15) is 26.3 Å². The van der Waals surface area contributed by atoms with Gasteiger partial charge in [-0.3, -0.25) is 9.78 Å². The van der Waals surface area contributed by atoms with Gasteiger partial charge < -0.3 is 10.4 Å². The number of nitrogens with zero attached hydrogens (tertiary/aromatic N) is 1. The molecule has 10 heteroatoms. The van der Waals surface area contributed by atoms with Crippen LogP contribution >= 0.6 is 0 Å². The first-order valence-electron chi connectivity index (χ1n) is 10.0. The van der Waals surface area contributed by atoms with Crippen LogP contribution in [0.1, 0.15) is 58.2 Å². The molecular formula is C24H20F6N2O2. The van der Waals surface area contributed by atoms with Crippen molar-refractivity contribution in [2.45, 2.75) is 37.8 Å². The first-order valence-corrected chi connectivity index (χ1v) is 10.0. The zero-order chi connectivity index (χ0) is 25.3. The molecule has 0 aliphatic heterocycles. The zero-order valence-electron chi connectivity index (χ0n) is 18.0. The molecule has 0 aliphatic carbocycles. The van der Waals surface area contributed by atoms with E-state index in [1.54, 1.807) is 13.8 Å². The lowest BCUT2D eigenvalue weighted by atomic mass is 9.96. The summed E-state index contributed by atoms with van der Waals surface area (Å²) in [5, 5.41) is 12.5. The summed E-state index contributed by atoms with van der Waals surface area (Å²) in [5.74, 6) is -0.772. The average molecular weight is 482 g/mol. The van der Waals surface area contributed by atoms with Crippen molar-refractivity contribution >= 4 is 5.91 Å². The lowest BCUT2D eigenvalue weighted by Gasteiger charge is -2.23. The Hall–Kier alpha value is -3.40. The molecule has 3 rings (SSSR count). The van der Waals surface area contributed by atoms with Crippen molar-refractivity contribution in [3.05, 3.63) is 100 Å². The van der Waals surface area contributed by atoms with Crippen molar-refractivity contribution in [1.29, 1.82) is 0 Å². The lowest BCUT2D eigenvalue weighted by molar-refractivity contribution is -0.139. The molecule has 0 aliphatic rings. The minimum atomic E-state index is -4.81. The Morgan fingerprint density at radius 3 is 1.91 bits per heavy atom. The van der Waals surface area contributed by atoms with Crippen LogP contribution in [-0.4, -0.2) is 16.0 Å². The number of hydrogen-bond acceptors (Lipinski definition) is 3. The Morgan fingerprint density at radius 1 is 0.853 bits per heavy atom. The molecule has 0 unspecified atom stereocenters. The number of aliphatic hydroxyl groups is 1. The van der Waals surface area contributed by atoms with Crippen LogP contribution in [0.15, 0.2) is 66.9 Å². The average Bonchev–Trinajstić information content (AvgIpc) is 2.76. The fourth-order valence-electron chi connectivity index (χ4n) is 3.31. The van der Waals surface area contributed by atoms with Gasteiger partial charge in [-0.25, -0.2) is 0 Å². The van der Waals surface area contributed by atoms with Crippen LogP contribution in [0.4, 0.5) is 26.3 Å². The number of amides is 1. The monoisotopic (exact) mass is 482 g/mol. The maximum absolute atomic E-state index is 13.6. The highest BCUT2D eigenvalue weighted by Gasteiger charge is 2.37. The molecule has 180 valence electrons. The summed E-state index contributed by atoms with van der Waals surface area (Å²) in [7, 11) is 0. The Morgan fingerprint density at radius 2 is 1.41 bits per heavy atom. The molecule has 0 fully saturated rings. The molecule has 4 nitrogen and oxygen atoms in total. The summed E-state index contributed by atoms with van der Waals surface area (Å²) in [6, 6.07) is 9.57. The van der Waals surface area contributed by atoms with E-state index in [0.29, 0.717) is 5.56 Å². The van der Waals surface area contributed by atoms with Crippen LogP contribution in [0.2, 0.25) is 0 Å². The van der Waals surface area contributed by atoms with Gasteiger partial charge in [-0.15, -0.1) is 0 Å². The highest BCUT2D eigenvalue weighted by Crippen LogP contribution is 2.36. The van der Waals surface area contributed by atoms with Gasteiger partial charge in [-0.05, 0) is 61.4 Å². The van der Waals surface area contributed by atoms with Crippen LogP contribution < -0.4 is 5.32 Å². The number of halogens is 6. The molecule has 2 N–H and O–H groups in total. The van der Waals surface area contributed by atoms with E-state index < -0.39 is 46.7 Å². The standard InChI is InChI=1S/C24H20F6N2O2/c1-22(2,34)16-9-7-15(8-10-16)21(33)32-19(14-5-11-17(12-6-14)23(25,26)27)20-18(24(28,29)30)4-3-13-31-20/h3-13,19,34H,1-2H3,(H,32,33)/t19-/m0/s1. The molecule has 0 saturated heterocycles. The molecule has 0 radical (unpaired) electrons. The van der Waals surface area contributed by atoms with Gasteiger partial charge in [0, 0.05) is 11.8 Å². The smallest absolute Gasteiger partial charge is 0.386 e. The number of aromatic nitrogens is 1. The topological polar surface area (TPSA) is 62.2 Å². The molecule has 0 bridgehead atoms. The molecule has 3 aromatic rings. The first kappa shape index (κ1) is 25.2. The number of carbonyl (C=O) groups is 1. The second-order valence-corrected chi connectivity index (χ2v) is 8.10. The normalized spacial score (nSPS) is 13.4. The Kier molecular flexibility index (Phi) is 6.75. The molecule has 1 amide bonds. The fourth-order valence-corrected chi connectivity index (χ4v) is 3.31. The largest absolute Gasteiger partial charge is 0.418 e. The number of rotatable bonds is 5. The number of nitrogens with one attached hydrogen (secondary N) is 1. The molecule has 2 aromatic carbocycles. The summed E-state index contributed by atoms with van der Waals surface area (Å²) in [5.41, 5.74) is -3.28. The molecule has 1 atom stereocenters. The minimum absolute atomic E-state index is 0.0151. The summed E-state index contributed by atoms with van der Waals surface area (Å²) in [4.78, 5) is 16.7. The highest BCUT2D eigenvalue weighted by molar-refractivity contribution is 5.94. The van der Waals surface area contributed by atoms with Crippen LogP contribution in [0.3, 0.4) is 0 Å². The second-order valence-electron chi connectivity index (χ2n) is 8.10. The van der Waals surface area contributed by atoms with E-state index in [2.05, 4.69) is 10.3 Å². The number of alkyl halides is 6. The van der Waals surface area contributed by atoms with Gasteiger partial charge in [0.1, 0.15) is 0 Å². The Bertz CT molecular complexity index is 1150. The van der Waals surface area contributed by atoms with Crippen molar-refractivity contribution in [2.24, 2.45) is 0 Å². The zero-order valence-corrected chi connectivity index (χ0v) is 18.0. The third-order valence-electron chi connectivity index (χ3n) is 5.12. The number of carbonyl (C=O) groups excluding carboxylic acids is 1. The van der Waals surface area contributed by atoms with E-state index in [9.17, 15) is 36.2 Å². The predicted molar refractivity (Wildman–Crippen MR) is 112 cm³/mol. The van der Waals surface area contributed by atoms with Crippen LogP contribution in [0.5, 0.6) is 0 Å². The third kappa shape index (κ3) is 5.74. The van der Waals surface area contributed by atoms with Crippen molar-refractivity contribution < 1.29 is 36.2 Å². The van der Waals surface area contributed by atoms with Crippen LogP contribution in [0, 0.1) is 0 Å². The Labute approximate surface area is 191 Å². The van der Waals surface area contributed by atoms with E-state index in [1.807, 2.05) is 0 Å². The van der Waals surface area contributed by atoms with Crippen molar-refractivity contribution in [3.8, 4) is 0 Å². The first-order chi connectivity index (χ1) is 15.7. The van der Waals surface area contributed by atoms with E-state index in [4.69, 9.17) is 0 Å². The second kappa shape index (κ2) is 9.09. The van der Waals surface area contributed by atoms with Gasteiger partial charge in [-0.1, -0.05) is 24.3 Å². The molecular weight excluding hydrogens is 462 g/mol. The molecule has 0 spiro atoms. The predicted octanol–water partition coefficient (Wildman–Crippen LogP) is 5.87. The van der Waals surface area contributed by atoms with Crippen LogP contribution in [-0.2, 0) is 18.0 Å². The SMILES string of the molecule is CC(C)(O)c1ccc(C(=O)N[C@@H](c2ccc(C(F)(F)F)cc2)c2ncccc2C(F)(F)F)cc1. The molecule has 1 heterocycles. The van der Waals surface area contributed by atoms with E-state index in [-0.39, 0.29) is 11.1 Å². The maximum atomic E-state index is 13.6. The number of benzene rings is 2. The number of hydrogen-bond donors (Lipinski definition) is 2. The van der Waals surface area contributed by atoms with Gasteiger partial charge in [0.05, 0.1) is 28.5 Å². The van der Waals surface area contributed by atoms with Gasteiger partial charge in [0.15, 0.2) is 0 Å². The van der Waals surface area contributed by atoms with E-state index in [1.165, 1.54) is 24.3 Å². The molecule has 0 saturated carbocycles. The fraction of sp³-hybridized carbons (Fsp3) is 0.250. The van der Waals surface area contributed by atoms with Gasteiger partial charge in [0.25, 0.3) is 5.91 Å². The van der Waals surface area contributed by atoms with Crippen LogP contribution in [0.25, 0.3) is 0 Å². The Balaban J connectivity index is 2.04. The summed E-state index contributed by atoms with van der Waals surface area (Å²) >= 11 is 0. The summed E-state index contributed by atoms with van der Waals surface area (Å²) in [6.07, 6.45) is -8.35. The summed E-state index contributed by atoms with van der Waals surface area (Å²) in [6.45, 7) is 3.09. The van der Waals surface area contributed by atoms with Gasteiger partial charge in [0.2, 0.25) is 0 Å². The highest BCUT2D eigenvalue weighted by atomic mass is 19.4. The molecule has 34 heavy (non-hydrogen) atoms. The lowest BCUT2D eigenvalue weighted by Crippen LogP contribution is -2.32. The van der Waals surface area contributed by atoms with E-state index >= 15 is 0 Å². The van der Waals surface area contributed by atoms with Gasteiger partial charge >= 0.3 is 12.4 Å².